The van der Waals surface area contributed by atoms with Crippen LogP contribution in [0.1, 0.15) is 49.1 Å². The van der Waals surface area contributed by atoms with Gasteiger partial charge in [0.25, 0.3) is 0 Å². The lowest BCUT2D eigenvalue weighted by molar-refractivity contribution is 0.0242. The number of aromatic nitrogens is 4. The third-order valence-electron chi connectivity index (χ3n) is 5.69. The Morgan fingerprint density at radius 2 is 1.16 bits per heavy atom. The molecule has 2 fully saturated rings. The maximum Gasteiger partial charge on any atom is 0.240 e. The Morgan fingerprint density at radius 3 is 1.48 bits per heavy atom. The van der Waals surface area contributed by atoms with E-state index in [1.807, 2.05) is 13.8 Å². The van der Waals surface area contributed by atoms with Crippen LogP contribution in [0.3, 0.4) is 0 Å². The first-order chi connectivity index (χ1) is 12.1. The standard InChI is InChI=1S/C17H26N6O2/c1-13-18-15(24-20-13)11-22-7-3-17(4-8-22)5-9-23(10-6-17)12-16-19-14(2)21-25-16/h3-12H2,1-2H3. The number of nitrogens with zero attached hydrogens (tertiary/aromatic N) is 6. The maximum absolute atomic E-state index is 5.25. The van der Waals surface area contributed by atoms with E-state index >= 15 is 0 Å². The van der Waals surface area contributed by atoms with Crippen molar-refractivity contribution in [2.75, 3.05) is 26.2 Å². The molecule has 8 nitrogen and oxygen atoms in total. The zero-order valence-electron chi connectivity index (χ0n) is 15.1. The number of hydrogen-bond acceptors (Lipinski definition) is 8. The monoisotopic (exact) mass is 346 g/mol. The second kappa shape index (κ2) is 6.84. The number of likely N-dealkylation sites (tertiary alicyclic amines) is 2. The highest BCUT2D eigenvalue weighted by Gasteiger charge is 2.37. The molecule has 0 aliphatic carbocycles. The quantitative estimate of drug-likeness (QED) is 0.830. The van der Waals surface area contributed by atoms with Crippen molar-refractivity contribution in [3.63, 3.8) is 0 Å². The van der Waals surface area contributed by atoms with E-state index in [2.05, 4.69) is 30.1 Å². The van der Waals surface area contributed by atoms with Gasteiger partial charge in [0, 0.05) is 0 Å². The Balaban J connectivity index is 1.25. The van der Waals surface area contributed by atoms with Gasteiger partial charge in [-0.1, -0.05) is 10.3 Å². The van der Waals surface area contributed by atoms with Crippen LogP contribution in [-0.2, 0) is 13.1 Å². The summed E-state index contributed by atoms with van der Waals surface area (Å²) < 4.78 is 10.5. The SMILES string of the molecule is Cc1noc(CN2CCC3(CC2)CCN(Cc2nc(C)no2)CC3)n1. The molecule has 0 radical (unpaired) electrons. The molecule has 136 valence electrons. The first kappa shape index (κ1) is 16.7. The van der Waals surface area contributed by atoms with Crippen molar-refractivity contribution in [1.29, 1.82) is 0 Å². The first-order valence-electron chi connectivity index (χ1n) is 9.13. The molecule has 2 aliphatic rings. The van der Waals surface area contributed by atoms with E-state index in [9.17, 15) is 0 Å². The molecule has 0 bridgehead atoms. The van der Waals surface area contributed by atoms with E-state index in [4.69, 9.17) is 9.05 Å². The summed E-state index contributed by atoms with van der Waals surface area (Å²) in [6.07, 6.45) is 5.03. The van der Waals surface area contributed by atoms with Crippen LogP contribution in [0, 0.1) is 19.3 Å². The molecule has 4 rings (SSSR count). The molecule has 0 saturated carbocycles. The van der Waals surface area contributed by atoms with Crippen LogP contribution in [0.15, 0.2) is 9.05 Å². The van der Waals surface area contributed by atoms with Crippen molar-refractivity contribution >= 4 is 0 Å². The second-order valence-electron chi connectivity index (χ2n) is 7.52. The zero-order chi connectivity index (χ0) is 17.3. The Morgan fingerprint density at radius 1 is 0.760 bits per heavy atom. The van der Waals surface area contributed by atoms with Crippen LogP contribution in [0.25, 0.3) is 0 Å². The summed E-state index contributed by atoms with van der Waals surface area (Å²) in [7, 11) is 0. The van der Waals surface area contributed by atoms with Crippen LogP contribution < -0.4 is 0 Å². The van der Waals surface area contributed by atoms with Crippen molar-refractivity contribution in [2.45, 2.75) is 52.6 Å². The fraction of sp³-hybridized carbons (Fsp3) is 0.765. The fourth-order valence-electron chi connectivity index (χ4n) is 4.06. The van der Waals surface area contributed by atoms with Crippen LogP contribution in [0.4, 0.5) is 0 Å². The second-order valence-corrected chi connectivity index (χ2v) is 7.52. The lowest BCUT2D eigenvalue weighted by atomic mass is 9.71. The van der Waals surface area contributed by atoms with Crippen LogP contribution in [0.2, 0.25) is 0 Å². The van der Waals surface area contributed by atoms with E-state index in [0.717, 1.165) is 51.0 Å². The predicted molar refractivity (Wildman–Crippen MR) is 89.5 cm³/mol. The summed E-state index contributed by atoms with van der Waals surface area (Å²) >= 11 is 0. The predicted octanol–water partition coefficient (Wildman–Crippen LogP) is 1.95. The lowest BCUT2D eigenvalue weighted by Crippen LogP contribution is -2.46. The third-order valence-corrected chi connectivity index (χ3v) is 5.69. The summed E-state index contributed by atoms with van der Waals surface area (Å²) in [5, 5.41) is 7.75. The van der Waals surface area contributed by atoms with Gasteiger partial charge in [0.2, 0.25) is 11.8 Å². The van der Waals surface area contributed by atoms with Crippen LogP contribution >= 0.6 is 0 Å². The van der Waals surface area contributed by atoms with Gasteiger partial charge in [-0.3, -0.25) is 9.80 Å². The normalized spacial score (nSPS) is 21.8. The highest BCUT2D eigenvalue weighted by atomic mass is 16.5. The Hall–Kier alpha value is -1.80. The molecule has 0 atom stereocenters. The minimum atomic E-state index is 0.502. The van der Waals surface area contributed by atoms with Crippen molar-refractivity contribution in [2.24, 2.45) is 5.41 Å². The van der Waals surface area contributed by atoms with E-state index < -0.39 is 0 Å². The van der Waals surface area contributed by atoms with Gasteiger partial charge in [-0.2, -0.15) is 9.97 Å². The Bertz CT molecular complexity index is 632. The van der Waals surface area contributed by atoms with E-state index in [1.54, 1.807) is 0 Å². The third kappa shape index (κ3) is 3.90. The van der Waals surface area contributed by atoms with Crippen molar-refractivity contribution < 1.29 is 9.05 Å². The zero-order valence-corrected chi connectivity index (χ0v) is 15.1. The fourth-order valence-corrected chi connectivity index (χ4v) is 4.06. The highest BCUT2D eigenvalue weighted by Crippen LogP contribution is 2.41. The van der Waals surface area contributed by atoms with Gasteiger partial charge in [-0.25, -0.2) is 0 Å². The largest absolute Gasteiger partial charge is 0.338 e. The molecule has 8 heteroatoms. The Labute approximate surface area is 147 Å². The summed E-state index contributed by atoms with van der Waals surface area (Å²) in [6, 6.07) is 0. The minimum Gasteiger partial charge on any atom is -0.338 e. The van der Waals surface area contributed by atoms with Gasteiger partial charge in [0.1, 0.15) is 0 Å². The summed E-state index contributed by atoms with van der Waals surface area (Å²) in [5.74, 6) is 2.90. The number of hydrogen-bond donors (Lipinski definition) is 0. The number of piperidine rings is 2. The molecule has 2 aromatic rings. The molecule has 1 spiro atoms. The van der Waals surface area contributed by atoms with Crippen LogP contribution in [-0.4, -0.2) is 56.3 Å². The molecule has 2 aliphatic heterocycles. The lowest BCUT2D eigenvalue weighted by Gasteiger charge is -2.46. The Kier molecular flexibility index (Phi) is 4.56. The molecular weight excluding hydrogens is 320 g/mol. The molecule has 4 heterocycles. The smallest absolute Gasteiger partial charge is 0.240 e. The number of aryl methyl sites for hydroxylation is 2. The van der Waals surface area contributed by atoms with Gasteiger partial charge in [0.15, 0.2) is 11.6 Å². The van der Waals surface area contributed by atoms with E-state index in [0.29, 0.717) is 17.1 Å². The van der Waals surface area contributed by atoms with E-state index in [-0.39, 0.29) is 0 Å². The molecule has 0 amide bonds. The van der Waals surface area contributed by atoms with Gasteiger partial charge in [-0.15, -0.1) is 0 Å². The molecular formula is C17H26N6O2. The van der Waals surface area contributed by atoms with Crippen molar-refractivity contribution in [1.82, 2.24) is 30.1 Å². The maximum atomic E-state index is 5.25. The van der Waals surface area contributed by atoms with Gasteiger partial charge >= 0.3 is 0 Å². The summed E-state index contributed by atoms with van der Waals surface area (Å²) in [5.41, 5.74) is 0.502. The van der Waals surface area contributed by atoms with Gasteiger partial charge in [0.05, 0.1) is 13.1 Å². The van der Waals surface area contributed by atoms with Gasteiger partial charge in [-0.05, 0) is 71.1 Å². The molecule has 2 aromatic heterocycles. The number of rotatable bonds is 4. The van der Waals surface area contributed by atoms with Gasteiger partial charge < -0.3 is 9.05 Å². The van der Waals surface area contributed by atoms with Crippen molar-refractivity contribution in [3.05, 3.63) is 23.4 Å². The first-order valence-corrected chi connectivity index (χ1v) is 9.13. The molecule has 25 heavy (non-hydrogen) atoms. The van der Waals surface area contributed by atoms with Crippen LogP contribution in [0.5, 0.6) is 0 Å². The average Bonchev–Trinajstić information content (AvgIpc) is 3.20. The average molecular weight is 346 g/mol. The topological polar surface area (TPSA) is 84.3 Å². The van der Waals surface area contributed by atoms with Crippen molar-refractivity contribution in [3.8, 4) is 0 Å². The summed E-state index contributed by atoms with van der Waals surface area (Å²) in [4.78, 5) is 13.5. The summed E-state index contributed by atoms with van der Waals surface area (Å²) in [6.45, 7) is 9.74. The molecule has 0 unspecified atom stereocenters. The molecule has 0 N–H and O–H groups in total. The molecule has 2 saturated heterocycles. The molecule has 0 aromatic carbocycles. The highest BCUT2D eigenvalue weighted by molar-refractivity contribution is 4.93. The minimum absolute atomic E-state index is 0.502. The van der Waals surface area contributed by atoms with E-state index in [1.165, 1.54) is 25.7 Å².